The molecule has 0 radical (unpaired) electrons. The fourth-order valence-corrected chi connectivity index (χ4v) is 9.11. The zero-order valence-corrected chi connectivity index (χ0v) is 35.5. The minimum atomic E-state index is -3.50. The molecule has 2 fully saturated rings. The highest BCUT2D eigenvalue weighted by Crippen LogP contribution is 2.38. The fraction of sp³-hybridized carbons (Fsp3) is 0.326. The SMILES string of the molecule is Cn1cc(-c2cc(S(C)(=O)=O)ccc2Oc2ccc(CCC3CCN(c4ccc(C(=O)N[C@H]5CC[C@H](Oc6ccc(C#N)c(Cl)c6)CC5)nn4)CC3)cc2)c2cc[nH]c2c1=O. The molecular formula is C46H46ClN7O6S. The average Bonchev–Trinajstić information content (AvgIpc) is 3.76. The van der Waals surface area contributed by atoms with Gasteiger partial charge in [-0.2, -0.15) is 5.26 Å². The second-order valence-electron chi connectivity index (χ2n) is 16.0. The van der Waals surface area contributed by atoms with Gasteiger partial charge in [-0.3, -0.25) is 9.59 Å². The Hall–Kier alpha value is -6.17. The third-order valence-electron chi connectivity index (χ3n) is 11.8. The molecule has 2 aliphatic rings. The molecule has 3 aromatic carbocycles. The van der Waals surface area contributed by atoms with Crippen molar-refractivity contribution in [3.63, 3.8) is 0 Å². The van der Waals surface area contributed by atoms with Gasteiger partial charge in [0.1, 0.15) is 28.8 Å². The number of aromatic nitrogens is 4. The van der Waals surface area contributed by atoms with Crippen molar-refractivity contribution >= 4 is 44.1 Å². The van der Waals surface area contributed by atoms with Crippen LogP contribution in [0.2, 0.25) is 5.02 Å². The number of anilines is 1. The molecule has 1 aliphatic carbocycles. The van der Waals surface area contributed by atoms with E-state index in [2.05, 4.69) is 43.6 Å². The van der Waals surface area contributed by atoms with E-state index in [0.717, 1.165) is 70.3 Å². The van der Waals surface area contributed by atoms with E-state index in [-0.39, 0.29) is 28.5 Å². The number of nitrogens with one attached hydrogen (secondary N) is 2. The van der Waals surface area contributed by atoms with Crippen LogP contribution in [-0.2, 0) is 23.3 Å². The quantitative estimate of drug-likeness (QED) is 0.123. The van der Waals surface area contributed by atoms with Crippen molar-refractivity contribution in [3.8, 4) is 34.4 Å². The second-order valence-corrected chi connectivity index (χ2v) is 18.4. The van der Waals surface area contributed by atoms with Crippen molar-refractivity contribution < 1.29 is 22.7 Å². The number of nitriles is 1. The maximum Gasteiger partial charge on any atom is 0.274 e. The molecule has 1 saturated heterocycles. The van der Waals surface area contributed by atoms with Crippen LogP contribution in [0.4, 0.5) is 5.82 Å². The largest absolute Gasteiger partial charge is 0.490 e. The number of hydrogen-bond acceptors (Lipinski definition) is 10. The predicted molar refractivity (Wildman–Crippen MR) is 234 cm³/mol. The summed E-state index contributed by atoms with van der Waals surface area (Å²) in [5.74, 6) is 2.84. The molecule has 314 valence electrons. The van der Waals surface area contributed by atoms with Gasteiger partial charge in [0.2, 0.25) is 0 Å². The highest BCUT2D eigenvalue weighted by Gasteiger charge is 2.26. The van der Waals surface area contributed by atoms with Crippen molar-refractivity contribution in [1.82, 2.24) is 25.1 Å². The van der Waals surface area contributed by atoms with Gasteiger partial charge in [-0.15, -0.1) is 10.2 Å². The Morgan fingerprint density at radius 2 is 1.69 bits per heavy atom. The fourth-order valence-electron chi connectivity index (χ4n) is 8.25. The molecule has 6 aromatic rings. The number of amides is 1. The van der Waals surface area contributed by atoms with Crippen molar-refractivity contribution in [2.24, 2.45) is 13.0 Å². The molecule has 15 heteroatoms. The van der Waals surface area contributed by atoms with E-state index in [9.17, 15) is 18.0 Å². The zero-order chi connectivity index (χ0) is 42.7. The number of pyridine rings is 1. The third-order valence-corrected chi connectivity index (χ3v) is 13.2. The first-order chi connectivity index (χ1) is 29.4. The van der Waals surface area contributed by atoms with Gasteiger partial charge in [-0.1, -0.05) is 23.7 Å². The monoisotopic (exact) mass is 859 g/mol. The number of nitrogens with zero attached hydrogens (tertiary/aromatic N) is 5. The molecule has 61 heavy (non-hydrogen) atoms. The summed E-state index contributed by atoms with van der Waals surface area (Å²) in [7, 11) is -1.84. The van der Waals surface area contributed by atoms with Crippen molar-refractivity contribution in [3.05, 3.63) is 123 Å². The number of piperidine rings is 1. The van der Waals surface area contributed by atoms with Gasteiger partial charge >= 0.3 is 0 Å². The number of halogens is 1. The lowest BCUT2D eigenvalue weighted by atomic mass is 9.90. The standard InChI is InChI=1S/C46H46ClN7O6S/c1-53-28-39(37-19-22-49-44(37)46(53)56)38-26-36(61(2,57)58)15-17-42(38)60-34-10-5-29(6-11-34)3-4-30-20-23-54(24-21-30)43-18-16-41(51-52-43)45(55)50-32-8-13-33(14-9-32)59-35-12-7-31(27-48)40(47)25-35/h5-7,10-12,15-19,22,25-26,28,30,32-33,49H,3-4,8-9,13-14,20-21,23-24H2,1-2H3,(H,50,55)/t32-,33-. The number of rotatable bonds is 12. The molecule has 1 saturated carbocycles. The Kier molecular flexibility index (Phi) is 12.1. The number of aromatic amines is 1. The van der Waals surface area contributed by atoms with E-state index in [1.807, 2.05) is 18.2 Å². The Bertz CT molecular complexity index is 2770. The summed E-state index contributed by atoms with van der Waals surface area (Å²) in [6.45, 7) is 1.73. The molecule has 3 aromatic heterocycles. The second kappa shape index (κ2) is 17.8. The Labute approximate surface area is 359 Å². The summed E-state index contributed by atoms with van der Waals surface area (Å²) >= 11 is 6.15. The molecule has 2 N–H and O–H groups in total. The lowest BCUT2D eigenvalue weighted by molar-refractivity contribution is 0.0888. The number of hydrogen-bond donors (Lipinski definition) is 2. The lowest BCUT2D eigenvalue weighted by Crippen LogP contribution is -2.40. The highest BCUT2D eigenvalue weighted by atomic mass is 35.5. The molecule has 0 spiro atoms. The van der Waals surface area contributed by atoms with Crippen LogP contribution in [-0.4, -0.2) is 65.6 Å². The van der Waals surface area contributed by atoms with Crippen molar-refractivity contribution in [2.45, 2.75) is 68.4 Å². The number of H-pyrrole nitrogens is 1. The average molecular weight is 860 g/mol. The smallest absolute Gasteiger partial charge is 0.274 e. The van der Waals surface area contributed by atoms with E-state index in [1.54, 1.807) is 61.9 Å². The Balaban J connectivity index is 0.803. The number of carbonyl (C=O) groups is 1. The Morgan fingerprint density at radius 1 is 0.934 bits per heavy atom. The summed E-state index contributed by atoms with van der Waals surface area (Å²) in [5.41, 5.74) is 3.41. The van der Waals surface area contributed by atoms with Gasteiger partial charge in [0, 0.05) is 67.4 Å². The first-order valence-electron chi connectivity index (χ1n) is 20.5. The van der Waals surface area contributed by atoms with E-state index < -0.39 is 9.84 Å². The van der Waals surface area contributed by atoms with Crippen LogP contribution < -0.4 is 25.2 Å². The van der Waals surface area contributed by atoms with Gasteiger partial charge < -0.3 is 29.2 Å². The topological polar surface area (TPSA) is 172 Å². The highest BCUT2D eigenvalue weighted by molar-refractivity contribution is 7.90. The van der Waals surface area contributed by atoms with Gasteiger partial charge in [0.15, 0.2) is 21.3 Å². The minimum absolute atomic E-state index is 0.0179. The lowest BCUT2D eigenvalue weighted by Gasteiger charge is -2.32. The minimum Gasteiger partial charge on any atom is -0.490 e. The molecule has 1 amide bonds. The van der Waals surface area contributed by atoms with Gasteiger partial charge in [0.25, 0.3) is 11.5 Å². The van der Waals surface area contributed by atoms with Crippen molar-refractivity contribution in [2.75, 3.05) is 24.2 Å². The van der Waals surface area contributed by atoms with Crippen molar-refractivity contribution in [1.29, 1.82) is 5.26 Å². The van der Waals surface area contributed by atoms with Crippen LogP contribution in [0.25, 0.3) is 22.0 Å². The number of carbonyl (C=O) groups excluding carboxylic acids is 1. The molecule has 0 atom stereocenters. The van der Waals surface area contributed by atoms with Crippen LogP contribution in [0.15, 0.2) is 101 Å². The number of aryl methyl sites for hydroxylation is 2. The van der Waals surface area contributed by atoms with Crippen LogP contribution in [0.5, 0.6) is 17.2 Å². The van der Waals surface area contributed by atoms with E-state index in [1.165, 1.54) is 22.5 Å². The third kappa shape index (κ3) is 9.58. The van der Waals surface area contributed by atoms with Crippen LogP contribution >= 0.6 is 11.6 Å². The van der Waals surface area contributed by atoms with E-state index >= 15 is 0 Å². The van der Waals surface area contributed by atoms with Gasteiger partial charge in [-0.25, -0.2) is 8.42 Å². The van der Waals surface area contributed by atoms with Gasteiger partial charge in [0.05, 0.1) is 21.6 Å². The molecule has 8 rings (SSSR count). The molecule has 13 nitrogen and oxygen atoms in total. The maximum atomic E-state index is 13.0. The molecule has 1 aliphatic heterocycles. The first-order valence-corrected chi connectivity index (χ1v) is 22.7. The summed E-state index contributed by atoms with van der Waals surface area (Å²) in [6.07, 6.45) is 11.8. The Morgan fingerprint density at radius 3 is 2.38 bits per heavy atom. The first kappa shape index (κ1) is 41.6. The number of ether oxygens (including phenoxy) is 2. The van der Waals surface area contributed by atoms with E-state index in [4.69, 9.17) is 26.3 Å². The predicted octanol–water partition coefficient (Wildman–Crippen LogP) is 8.01. The maximum absolute atomic E-state index is 13.0. The number of sulfone groups is 1. The zero-order valence-electron chi connectivity index (χ0n) is 33.9. The van der Waals surface area contributed by atoms with Gasteiger partial charge in [-0.05, 0) is 124 Å². The van der Waals surface area contributed by atoms with Crippen LogP contribution in [0.3, 0.4) is 0 Å². The summed E-state index contributed by atoms with van der Waals surface area (Å²) in [6, 6.07) is 25.4. The summed E-state index contributed by atoms with van der Waals surface area (Å²) < 4.78 is 39.0. The van der Waals surface area contributed by atoms with Crippen LogP contribution in [0.1, 0.15) is 66.6 Å². The van der Waals surface area contributed by atoms with Crippen LogP contribution in [0, 0.1) is 17.2 Å². The molecule has 0 bridgehead atoms. The number of fused-ring (bicyclic) bond motifs is 1. The normalized spacial score (nSPS) is 17.2. The molecule has 4 heterocycles. The summed E-state index contributed by atoms with van der Waals surface area (Å²) in [4.78, 5) is 31.2. The molecular weight excluding hydrogens is 814 g/mol. The van der Waals surface area contributed by atoms with E-state index in [0.29, 0.717) is 61.5 Å². The summed E-state index contributed by atoms with van der Waals surface area (Å²) in [5, 5.41) is 22.0. The molecule has 0 unspecified atom stereocenters. The number of benzene rings is 3.